The predicted molar refractivity (Wildman–Crippen MR) is 68.1 cm³/mol. The number of carbonyl (C=O) groups excluding carboxylic acids is 1. The van der Waals surface area contributed by atoms with Crippen molar-refractivity contribution < 1.29 is 9.53 Å². The van der Waals surface area contributed by atoms with Crippen molar-refractivity contribution in [1.29, 1.82) is 0 Å². The van der Waals surface area contributed by atoms with Crippen LogP contribution in [0.25, 0.3) is 0 Å². The Balaban J connectivity index is 1.78. The van der Waals surface area contributed by atoms with Crippen LogP contribution in [0.1, 0.15) is 12.8 Å². The number of ether oxygens (including phenoxy) is 1. The Morgan fingerprint density at radius 3 is 2.76 bits per heavy atom. The van der Waals surface area contributed by atoms with Crippen LogP contribution in [0.4, 0.5) is 0 Å². The van der Waals surface area contributed by atoms with E-state index in [1.807, 2.05) is 18.2 Å². The third kappa shape index (κ3) is 2.17. The van der Waals surface area contributed by atoms with Crippen LogP contribution in [-0.4, -0.2) is 38.3 Å². The zero-order chi connectivity index (χ0) is 11.8. The molecule has 17 heavy (non-hydrogen) atoms. The SMILES string of the molecule is O=C1CC[C@H]2O[C@@H]1[C@@H](Cl)[C@@H]2[Se]c1ccccc1. The fourth-order valence-corrected chi connectivity index (χ4v) is 5.69. The average molecular weight is 316 g/mol. The van der Waals surface area contributed by atoms with Gasteiger partial charge in [-0.25, -0.2) is 0 Å². The molecule has 2 bridgehead atoms. The summed E-state index contributed by atoms with van der Waals surface area (Å²) in [4.78, 5) is 12.0. The van der Waals surface area contributed by atoms with Gasteiger partial charge in [0.15, 0.2) is 0 Å². The number of ketones is 1. The number of hydrogen-bond donors (Lipinski definition) is 0. The molecule has 3 rings (SSSR count). The van der Waals surface area contributed by atoms with Crippen LogP contribution in [0.3, 0.4) is 0 Å². The van der Waals surface area contributed by atoms with Crippen molar-refractivity contribution in [3.05, 3.63) is 30.3 Å². The van der Waals surface area contributed by atoms with E-state index in [0.717, 1.165) is 6.42 Å². The number of halogens is 1. The van der Waals surface area contributed by atoms with Crippen molar-refractivity contribution in [2.75, 3.05) is 0 Å². The van der Waals surface area contributed by atoms with E-state index in [0.29, 0.717) is 11.2 Å². The van der Waals surface area contributed by atoms with Crippen molar-refractivity contribution in [2.45, 2.75) is 35.2 Å². The van der Waals surface area contributed by atoms with Gasteiger partial charge in [-0.15, -0.1) is 0 Å². The Kier molecular flexibility index (Phi) is 3.27. The minimum absolute atomic E-state index is 0.129. The molecule has 2 fully saturated rings. The maximum absolute atomic E-state index is 11.7. The van der Waals surface area contributed by atoms with Gasteiger partial charge in [-0.2, -0.15) is 0 Å². The van der Waals surface area contributed by atoms with Crippen molar-refractivity contribution in [3.8, 4) is 0 Å². The van der Waals surface area contributed by atoms with Gasteiger partial charge in [-0.3, -0.25) is 0 Å². The van der Waals surface area contributed by atoms with Gasteiger partial charge in [0, 0.05) is 0 Å². The van der Waals surface area contributed by atoms with Crippen LogP contribution >= 0.6 is 11.6 Å². The zero-order valence-corrected chi connectivity index (χ0v) is 11.7. The number of carbonyl (C=O) groups is 1. The number of Topliss-reactive ketones (excluding diaryl/α,β-unsaturated/α-hetero) is 1. The summed E-state index contributed by atoms with van der Waals surface area (Å²) in [5.74, 6) is 0.188. The second kappa shape index (κ2) is 4.73. The second-order valence-corrected chi connectivity index (χ2v) is 7.57. The molecular formula is C13H13ClO2Se. The van der Waals surface area contributed by atoms with Gasteiger partial charge in [0.1, 0.15) is 0 Å². The molecule has 0 aliphatic carbocycles. The first-order valence-corrected chi connectivity index (χ1v) is 8.08. The van der Waals surface area contributed by atoms with E-state index in [9.17, 15) is 4.79 Å². The molecule has 0 amide bonds. The standard InChI is InChI=1S/C13H13ClO2Se/c14-11-12-9(15)6-7-10(16-12)13(11)17-8-4-2-1-3-5-8/h1-5,10-13H,6-7H2/t10-,11-,12+,13-/m1/s1. The van der Waals surface area contributed by atoms with E-state index in [-0.39, 0.29) is 38.3 Å². The molecule has 0 saturated carbocycles. The number of hydrogen-bond acceptors (Lipinski definition) is 2. The summed E-state index contributed by atoms with van der Waals surface area (Å²) in [5.41, 5.74) is 0. The molecule has 0 spiro atoms. The van der Waals surface area contributed by atoms with Crippen LogP contribution in [0, 0.1) is 0 Å². The van der Waals surface area contributed by atoms with Gasteiger partial charge < -0.3 is 0 Å². The fourth-order valence-electron chi connectivity index (χ4n) is 2.43. The monoisotopic (exact) mass is 316 g/mol. The normalized spacial score (nSPS) is 36.2. The first-order valence-electron chi connectivity index (χ1n) is 5.79. The van der Waals surface area contributed by atoms with E-state index in [2.05, 4.69) is 12.1 Å². The third-order valence-electron chi connectivity index (χ3n) is 3.30. The van der Waals surface area contributed by atoms with Crippen molar-refractivity contribution in [1.82, 2.24) is 0 Å². The molecule has 2 nitrogen and oxygen atoms in total. The molecule has 0 N–H and O–H groups in total. The Bertz CT molecular complexity index is 423. The van der Waals surface area contributed by atoms with Crippen LogP contribution < -0.4 is 4.46 Å². The molecule has 1 aromatic rings. The van der Waals surface area contributed by atoms with Crippen LogP contribution in [0.15, 0.2) is 30.3 Å². The van der Waals surface area contributed by atoms with Gasteiger partial charge in [0.2, 0.25) is 0 Å². The van der Waals surface area contributed by atoms with E-state index < -0.39 is 0 Å². The van der Waals surface area contributed by atoms with Crippen LogP contribution in [0.2, 0.25) is 4.82 Å². The number of rotatable bonds is 2. The quantitative estimate of drug-likeness (QED) is 0.611. The first kappa shape index (κ1) is 11.7. The first-order chi connectivity index (χ1) is 8.25. The molecule has 4 atom stereocenters. The maximum atomic E-state index is 11.7. The molecule has 0 radical (unpaired) electrons. The Labute approximate surface area is 112 Å². The summed E-state index contributed by atoms with van der Waals surface area (Å²) in [7, 11) is 0. The number of fused-ring (bicyclic) bond motifs is 2. The molecule has 1 aromatic carbocycles. The topological polar surface area (TPSA) is 26.3 Å². The molecule has 4 heteroatoms. The summed E-state index contributed by atoms with van der Waals surface area (Å²) >= 11 is 6.68. The fraction of sp³-hybridized carbons (Fsp3) is 0.462. The summed E-state index contributed by atoms with van der Waals surface area (Å²) in [6.07, 6.45) is 1.34. The van der Waals surface area contributed by atoms with Gasteiger partial charge >= 0.3 is 112 Å². The number of benzene rings is 1. The predicted octanol–water partition coefficient (Wildman–Crippen LogP) is 1.54. The van der Waals surface area contributed by atoms with Gasteiger partial charge in [0.05, 0.1) is 0 Å². The van der Waals surface area contributed by atoms with Gasteiger partial charge in [0.25, 0.3) is 0 Å². The molecule has 2 heterocycles. The summed E-state index contributed by atoms with van der Waals surface area (Å²) in [5, 5.41) is -0.129. The van der Waals surface area contributed by atoms with E-state index in [1.54, 1.807) is 0 Å². The van der Waals surface area contributed by atoms with Gasteiger partial charge in [-0.1, -0.05) is 0 Å². The van der Waals surface area contributed by atoms with Crippen LogP contribution in [0.5, 0.6) is 0 Å². The van der Waals surface area contributed by atoms with E-state index in [4.69, 9.17) is 16.3 Å². The Hall–Kier alpha value is -0.341. The summed E-state index contributed by atoms with van der Waals surface area (Å²) in [6.45, 7) is 0. The molecule has 0 unspecified atom stereocenters. The molecule has 0 aromatic heterocycles. The average Bonchev–Trinajstić information content (AvgIpc) is 2.61. The molecule has 2 saturated heterocycles. The number of alkyl halides is 1. The Morgan fingerprint density at radius 2 is 2.06 bits per heavy atom. The van der Waals surface area contributed by atoms with E-state index in [1.165, 1.54) is 4.46 Å². The Morgan fingerprint density at radius 1 is 1.29 bits per heavy atom. The third-order valence-corrected chi connectivity index (χ3v) is 7.10. The molecular weight excluding hydrogens is 303 g/mol. The molecule has 2 aliphatic heterocycles. The zero-order valence-electron chi connectivity index (χ0n) is 9.21. The molecule has 90 valence electrons. The summed E-state index contributed by atoms with van der Waals surface area (Å²) in [6, 6.07) is 10.4. The van der Waals surface area contributed by atoms with Crippen molar-refractivity contribution in [3.63, 3.8) is 0 Å². The van der Waals surface area contributed by atoms with E-state index >= 15 is 0 Å². The second-order valence-electron chi connectivity index (χ2n) is 4.44. The van der Waals surface area contributed by atoms with Crippen molar-refractivity contribution in [2.24, 2.45) is 0 Å². The summed E-state index contributed by atoms with van der Waals surface area (Å²) < 4.78 is 7.07. The van der Waals surface area contributed by atoms with Gasteiger partial charge in [-0.05, 0) is 0 Å². The van der Waals surface area contributed by atoms with Crippen molar-refractivity contribution >= 4 is 36.8 Å². The molecule has 2 aliphatic rings. The minimum atomic E-state index is -0.342. The van der Waals surface area contributed by atoms with Crippen LogP contribution in [-0.2, 0) is 9.53 Å².